The average molecular weight is 473 g/mol. The number of rotatable bonds is 5. The Balaban J connectivity index is 1.49. The van der Waals surface area contributed by atoms with Crippen molar-refractivity contribution in [3.05, 3.63) is 98.5 Å². The summed E-state index contributed by atoms with van der Waals surface area (Å²) in [6, 6.07) is 17.2. The lowest BCUT2D eigenvalue weighted by Crippen LogP contribution is -2.00. The number of carbonyl (C=O) groups is 1. The third-order valence-electron chi connectivity index (χ3n) is 4.98. The van der Waals surface area contributed by atoms with Crippen LogP contribution in [0.25, 0.3) is 6.08 Å². The van der Waals surface area contributed by atoms with Crippen LogP contribution < -0.4 is 4.74 Å². The lowest BCUT2D eigenvalue weighted by atomic mass is 10.1. The molecule has 0 unspecified atom stereocenters. The minimum Gasteiger partial charge on any atom is -0.489 e. The Kier molecular flexibility index (Phi) is 5.93. The summed E-state index contributed by atoms with van der Waals surface area (Å²) in [5.41, 5.74) is 3.85. The van der Waals surface area contributed by atoms with Crippen molar-refractivity contribution in [3.63, 3.8) is 0 Å². The van der Waals surface area contributed by atoms with Crippen LogP contribution >= 0.6 is 23.2 Å². The molecular formula is C24H18Cl2O4S. The molecule has 4 nitrogen and oxygen atoms in total. The van der Waals surface area contributed by atoms with Crippen molar-refractivity contribution in [3.8, 4) is 5.75 Å². The van der Waals surface area contributed by atoms with Crippen molar-refractivity contribution >= 4 is 44.9 Å². The number of ether oxygens (including phenoxy) is 1. The smallest absolute Gasteiger partial charge is 0.189 e. The van der Waals surface area contributed by atoms with E-state index in [0.29, 0.717) is 40.0 Å². The van der Waals surface area contributed by atoms with Gasteiger partial charge in [-0.1, -0.05) is 35.3 Å². The van der Waals surface area contributed by atoms with Gasteiger partial charge in [0.05, 0.1) is 4.90 Å². The predicted molar refractivity (Wildman–Crippen MR) is 123 cm³/mol. The zero-order valence-corrected chi connectivity index (χ0v) is 18.9. The standard InChI is InChI=1S/C24H18Cl2O4S/c1-31(28,29)22-5-2-15(3-6-22)14-30-21-4-7-23-17(12-21)11-18(24(23)27)8-16-9-19(25)13-20(26)10-16/h2-10,12-13H,11,14H2,1H3/b18-8+. The van der Waals surface area contributed by atoms with E-state index >= 15 is 0 Å². The fraction of sp³-hybridized carbons (Fsp3) is 0.125. The Morgan fingerprint density at radius 2 is 1.65 bits per heavy atom. The van der Waals surface area contributed by atoms with Crippen LogP contribution in [0.1, 0.15) is 27.0 Å². The first-order valence-electron chi connectivity index (χ1n) is 9.45. The Hall–Kier alpha value is -2.60. The predicted octanol–water partition coefficient (Wildman–Crippen LogP) is 5.80. The molecule has 4 rings (SSSR count). The molecule has 0 amide bonds. The number of hydrogen-bond donors (Lipinski definition) is 0. The third-order valence-corrected chi connectivity index (χ3v) is 6.54. The molecule has 0 saturated carbocycles. The van der Waals surface area contributed by atoms with E-state index in [-0.39, 0.29) is 10.7 Å². The number of sulfone groups is 1. The minimum absolute atomic E-state index is 0.0194. The van der Waals surface area contributed by atoms with Gasteiger partial charge in [-0.2, -0.15) is 0 Å². The first-order chi connectivity index (χ1) is 14.7. The van der Waals surface area contributed by atoms with Gasteiger partial charge in [0.1, 0.15) is 12.4 Å². The van der Waals surface area contributed by atoms with Crippen LogP contribution in [-0.2, 0) is 22.9 Å². The van der Waals surface area contributed by atoms with Crippen LogP contribution in [0, 0.1) is 0 Å². The van der Waals surface area contributed by atoms with E-state index in [9.17, 15) is 13.2 Å². The van der Waals surface area contributed by atoms with E-state index in [0.717, 1.165) is 16.7 Å². The topological polar surface area (TPSA) is 60.4 Å². The van der Waals surface area contributed by atoms with Crippen molar-refractivity contribution in [1.29, 1.82) is 0 Å². The summed E-state index contributed by atoms with van der Waals surface area (Å²) in [7, 11) is -3.22. The number of ketones is 1. The van der Waals surface area contributed by atoms with Gasteiger partial charge in [-0.3, -0.25) is 4.79 Å². The number of halogens is 2. The largest absolute Gasteiger partial charge is 0.489 e. The fourth-order valence-corrected chi connectivity index (χ4v) is 4.64. The van der Waals surface area contributed by atoms with Crippen molar-refractivity contribution in [2.45, 2.75) is 17.9 Å². The fourth-order valence-electron chi connectivity index (χ4n) is 3.46. The molecule has 1 aliphatic carbocycles. The highest BCUT2D eigenvalue weighted by molar-refractivity contribution is 7.90. The molecule has 0 atom stereocenters. The van der Waals surface area contributed by atoms with E-state index in [4.69, 9.17) is 27.9 Å². The Labute approximate surface area is 191 Å². The highest BCUT2D eigenvalue weighted by Gasteiger charge is 2.25. The number of fused-ring (bicyclic) bond motifs is 1. The van der Waals surface area contributed by atoms with E-state index in [2.05, 4.69) is 0 Å². The molecule has 0 saturated heterocycles. The second kappa shape index (κ2) is 8.50. The summed E-state index contributed by atoms with van der Waals surface area (Å²) in [5.74, 6) is 0.625. The zero-order valence-electron chi connectivity index (χ0n) is 16.6. The molecule has 7 heteroatoms. The quantitative estimate of drug-likeness (QED) is 0.440. The molecule has 0 N–H and O–H groups in total. The maximum atomic E-state index is 12.8. The third kappa shape index (κ3) is 5.01. The molecule has 0 aromatic heterocycles. The summed E-state index contributed by atoms with van der Waals surface area (Å²) in [5, 5.41) is 1.03. The second-order valence-corrected chi connectivity index (χ2v) is 10.3. The van der Waals surface area contributed by atoms with Gasteiger partial charge in [0, 0.05) is 33.9 Å². The van der Waals surface area contributed by atoms with Crippen LogP contribution in [0.2, 0.25) is 10.0 Å². The molecule has 0 radical (unpaired) electrons. The summed E-state index contributed by atoms with van der Waals surface area (Å²) in [6.45, 7) is 0.292. The van der Waals surface area contributed by atoms with Gasteiger partial charge in [0.25, 0.3) is 0 Å². The molecule has 0 heterocycles. The molecule has 0 spiro atoms. The second-order valence-electron chi connectivity index (χ2n) is 7.40. The normalized spacial score (nSPS) is 14.7. The van der Waals surface area contributed by atoms with Gasteiger partial charge in [-0.05, 0) is 71.3 Å². The number of hydrogen-bond acceptors (Lipinski definition) is 4. The van der Waals surface area contributed by atoms with Crippen molar-refractivity contribution in [2.24, 2.45) is 0 Å². The van der Waals surface area contributed by atoms with Crippen LogP contribution in [0.3, 0.4) is 0 Å². The zero-order chi connectivity index (χ0) is 22.2. The van der Waals surface area contributed by atoms with Gasteiger partial charge in [-0.15, -0.1) is 0 Å². The molecule has 0 bridgehead atoms. The summed E-state index contributed by atoms with van der Waals surface area (Å²) >= 11 is 12.1. The van der Waals surface area contributed by atoms with Gasteiger partial charge in [-0.25, -0.2) is 8.42 Å². The van der Waals surface area contributed by atoms with Gasteiger partial charge in [0.15, 0.2) is 15.6 Å². The molecule has 3 aromatic carbocycles. The van der Waals surface area contributed by atoms with Gasteiger partial charge < -0.3 is 4.74 Å². The van der Waals surface area contributed by atoms with E-state index in [1.54, 1.807) is 54.6 Å². The van der Waals surface area contributed by atoms with Gasteiger partial charge in [0.2, 0.25) is 0 Å². The molecule has 158 valence electrons. The first kappa shape index (κ1) is 21.6. The van der Waals surface area contributed by atoms with Gasteiger partial charge >= 0.3 is 0 Å². The molecule has 3 aromatic rings. The maximum absolute atomic E-state index is 12.8. The minimum atomic E-state index is -3.22. The van der Waals surface area contributed by atoms with E-state index in [1.165, 1.54) is 6.26 Å². The number of benzene rings is 3. The maximum Gasteiger partial charge on any atom is 0.189 e. The molecule has 31 heavy (non-hydrogen) atoms. The summed E-state index contributed by atoms with van der Waals surface area (Å²) in [4.78, 5) is 13.0. The Bertz CT molecular complexity index is 1290. The lowest BCUT2D eigenvalue weighted by molar-refractivity contribution is 0.104. The SMILES string of the molecule is CS(=O)(=O)c1ccc(COc2ccc3c(c2)C/C(=C\c2cc(Cl)cc(Cl)c2)C3=O)cc1. The van der Waals surface area contributed by atoms with E-state index < -0.39 is 9.84 Å². The summed E-state index contributed by atoms with van der Waals surface area (Å²) in [6.07, 6.45) is 3.48. The van der Waals surface area contributed by atoms with Crippen LogP contribution in [0.5, 0.6) is 5.75 Å². The highest BCUT2D eigenvalue weighted by Crippen LogP contribution is 2.32. The molecule has 0 aliphatic heterocycles. The molecule has 1 aliphatic rings. The molecular weight excluding hydrogens is 455 g/mol. The van der Waals surface area contributed by atoms with E-state index in [1.807, 2.05) is 12.1 Å². The summed E-state index contributed by atoms with van der Waals surface area (Å²) < 4.78 is 29.0. The first-order valence-corrected chi connectivity index (χ1v) is 12.1. The monoisotopic (exact) mass is 472 g/mol. The van der Waals surface area contributed by atoms with Crippen LogP contribution in [-0.4, -0.2) is 20.5 Å². The number of allylic oxidation sites excluding steroid dienone is 1. The van der Waals surface area contributed by atoms with Crippen molar-refractivity contribution < 1.29 is 17.9 Å². The van der Waals surface area contributed by atoms with Crippen LogP contribution in [0.4, 0.5) is 0 Å². The highest BCUT2D eigenvalue weighted by atomic mass is 35.5. The molecule has 0 fully saturated rings. The number of Topliss-reactive ketones (excluding diaryl/α,β-unsaturated/α-hetero) is 1. The number of carbonyl (C=O) groups excluding carboxylic acids is 1. The Morgan fingerprint density at radius 1 is 0.968 bits per heavy atom. The van der Waals surface area contributed by atoms with Crippen molar-refractivity contribution in [2.75, 3.05) is 6.26 Å². The lowest BCUT2D eigenvalue weighted by Gasteiger charge is -2.08. The van der Waals surface area contributed by atoms with Crippen LogP contribution in [0.15, 0.2) is 71.1 Å². The average Bonchev–Trinajstić information content (AvgIpc) is 3.00. The van der Waals surface area contributed by atoms with Crippen molar-refractivity contribution in [1.82, 2.24) is 0 Å². The Morgan fingerprint density at radius 3 is 2.29 bits per heavy atom.